The number of rotatable bonds is 3. The van der Waals surface area contributed by atoms with Gasteiger partial charge >= 0.3 is 6.18 Å². The third-order valence-electron chi connectivity index (χ3n) is 5.61. The lowest BCUT2D eigenvalue weighted by Crippen LogP contribution is -2.11. The Labute approximate surface area is 187 Å². The number of aromatic nitrogens is 1. The van der Waals surface area contributed by atoms with Gasteiger partial charge in [-0.25, -0.2) is 8.42 Å². The molecular weight excluding hydrogens is 449 g/mol. The molecule has 0 spiro atoms. The fourth-order valence-electron chi connectivity index (χ4n) is 4.01. The highest BCUT2D eigenvalue weighted by Crippen LogP contribution is 2.40. The number of halogens is 3. The van der Waals surface area contributed by atoms with Gasteiger partial charge in [-0.1, -0.05) is 54.6 Å². The number of sulfone groups is 1. The Balaban J connectivity index is 1.79. The quantitative estimate of drug-likeness (QED) is 0.301. The third kappa shape index (κ3) is 3.52. The van der Waals surface area contributed by atoms with Crippen LogP contribution in [0.2, 0.25) is 0 Å². The standard InChI is InChI=1S/C25H17F3N2O2S/c26-25(27,28)20-14-18(11-12-21(20)29)33(31,32)24-19-7-3-4-8-22(19)30-23(24)17-10-9-15-5-1-2-6-16(15)13-17/h1-14,30H,29H2. The molecule has 1 heterocycles. The van der Waals surface area contributed by atoms with Crippen LogP contribution in [0.25, 0.3) is 32.9 Å². The van der Waals surface area contributed by atoms with Crippen molar-refractivity contribution in [1.29, 1.82) is 0 Å². The fourth-order valence-corrected chi connectivity index (χ4v) is 5.67. The molecule has 0 fully saturated rings. The van der Waals surface area contributed by atoms with Crippen molar-refractivity contribution in [3.05, 3.63) is 90.5 Å². The lowest BCUT2D eigenvalue weighted by Gasteiger charge is -2.13. The molecule has 0 saturated carbocycles. The van der Waals surface area contributed by atoms with Gasteiger partial charge in [0.1, 0.15) is 4.90 Å². The van der Waals surface area contributed by atoms with Gasteiger partial charge in [0.15, 0.2) is 0 Å². The minimum Gasteiger partial charge on any atom is -0.398 e. The van der Waals surface area contributed by atoms with Crippen molar-refractivity contribution >= 4 is 37.2 Å². The summed E-state index contributed by atoms with van der Waals surface area (Å²) in [6, 6.07) is 22.6. The van der Waals surface area contributed by atoms with Gasteiger partial charge in [-0.15, -0.1) is 0 Å². The molecule has 33 heavy (non-hydrogen) atoms. The van der Waals surface area contributed by atoms with E-state index in [-0.39, 0.29) is 4.90 Å². The van der Waals surface area contributed by atoms with Gasteiger partial charge in [0.05, 0.1) is 16.2 Å². The van der Waals surface area contributed by atoms with Crippen LogP contribution in [-0.4, -0.2) is 13.4 Å². The molecule has 5 aromatic rings. The number of para-hydroxylation sites is 1. The van der Waals surface area contributed by atoms with Crippen LogP contribution in [0.3, 0.4) is 0 Å². The number of fused-ring (bicyclic) bond motifs is 2. The number of nitrogen functional groups attached to an aromatic ring is 1. The second-order valence-electron chi connectivity index (χ2n) is 7.69. The highest BCUT2D eigenvalue weighted by molar-refractivity contribution is 7.91. The average Bonchev–Trinajstić information content (AvgIpc) is 3.18. The van der Waals surface area contributed by atoms with E-state index in [1.54, 1.807) is 30.3 Å². The van der Waals surface area contributed by atoms with Crippen LogP contribution in [0.4, 0.5) is 18.9 Å². The van der Waals surface area contributed by atoms with Gasteiger partial charge in [-0.05, 0) is 46.7 Å². The van der Waals surface area contributed by atoms with E-state index in [4.69, 9.17) is 5.73 Å². The monoisotopic (exact) mass is 466 g/mol. The van der Waals surface area contributed by atoms with Crippen molar-refractivity contribution in [3.8, 4) is 11.3 Å². The summed E-state index contributed by atoms with van der Waals surface area (Å²) >= 11 is 0. The number of alkyl halides is 3. The molecule has 0 unspecified atom stereocenters. The minimum absolute atomic E-state index is 0.0775. The molecule has 4 nitrogen and oxygen atoms in total. The van der Waals surface area contributed by atoms with Crippen LogP contribution < -0.4 is 5.73 Å². The summed E-state index contributed by atoms with van der Waals surface area (Å²) in [6.45, 7) is 0. The molecule has 0 aliphatic rings. The summed E-state index contributed by atoms with van der Waals surface area (Å²) in [4.78, 5) is 2.60. The third-order valence-corrected chi connectivity index (χ3v) is 7.44. The lowest BCUT2D eigenvalue weighted by atomic mass is 10.1. The van der Waals surface area contributed by atoms with E-state index in [0.717, 1.165) is 22.9 Å². The van der Waals surface area contributed by atoms with Gasteiger partial charge in [0.2, 0.25) is 9.84 Å². The molecular formula is C25H17F3N2O2S. The number of hydrogen-bond donors (Lipinski definition) is 2. The maximum Gasteiger partial charge on any atom is 0.418 e. The first kappa shape index (κ1) is 21.1. The molecule has 0 atom stereocenters. The maximum absolute atomic E-state index is 13.7. The van der Waals surface area contributed by atoms with E-state index in [9.17, 15) is 21.6 Å². The average molecular weight is 466 g/mol. The molecule has 3 N–H and O–H groups in total. The molecule has 5 rings (SSSR count). The Morgan fingerprint density at radius 2 is 1.48 bits per heavy atom. The van der Waals surface area contributed by atoms with E-state index < -0.39 is 32.2 Å². The summed E-state index contributed by atoms with van der Waals surface area (Å²) < 4.78 is 67.7. The van der Waals surface area contributed by atoms with E-state index in [1.165, 1.54) is 0 Å². The zero-order valence-electron chi connectivity index (χ0n) is 17.0. The largest absolute Gasteiger partial charge is 0.418 e. The van der Waals surface area contributed by atoms with Crippen molar-refractivity contribution in [2.75, 3.05) is 5.73 Å². The first-order valence-electron chi connectivity index (χ1n) is 9.98. The molecule has 0 radical (unpaired) electrons. The van der Waals surface area contributed by atoms with Gasteiger partial charge in [-0.2, -0.15) is 13.2 Å². The highest BCUT2D eigenvalue weighted by atomic mass is 32.2. The molecule has 4 aromatic carbocycles. The van der Waals surface area contributed by atoms with Crippen LogP contribution >= 0.6 is 0 Å². The normalized spacial score (nSPS) is 12.5. The Morgan fingerprint density at radius 3 is 2.24 bits per heavy atom. The van der Waals surface area contributed by atoms with Gasteiger partial charge in [-0.3, -0.25) is 0 Å². The van der Waals surface area contributed by atoms with Crippen LogP contribution in [0.15, 0.2) is 94.7 Å². The van der Waals surface area contributed by atoms with Crippen molar-refractivity contribution in [2.24, 2.45) is 0 Å². The van der Waals surface area contributed by atoms with Crippen molar-refractivity contribution < 1.29 is 21.6 Å². The van der Waals surface area contributed by atoms with E-state index in [0.29, 0.717) is 28.2 Å². The van der Waals surface area contributed by atoms with E-state index in [2.05, 4.69) is 4.98 Å². The van der Waals surface area contributed by atoms with Crippen molar-refractivity contribution in [2.45, 2.75) is 16.0 Å². The SMILES string of the molecule is Nc1ccc(S(=O)(=O)c2c(-c3ccc4ccccc4c3)[nH]c3ccccc23)cc1C(F)(F)F. The second-order valence-corrected chi connectivity index (χ2v) is 9.57. The molecule has 0 aliphatic heterocycles. The summed E-state index contributed by atoms with van der Waals surface area (Å²) in [7, 11) is -4.34. The number of nitrogens with two attached hydrogens (primary N) is 1. The Morgan fingerprint density at radius 1 is 0.788 bits per heavy atom. The summed E-state index contributed by atoms with van der Waals surface area (Å²) in [5, 5.41) is 2.28. The molecule has 0 aliphatic carbocycles. The molecule has 0 bridgehead atoms. The topological polar surface area (TPSA) is 76.0 Å². The zero-order chi connectivity index (χ0) is 23.4. The Kier molecular flexibility index (Phi) is 4.72. The smallest absolute Gasteiger partial charge is 0.398 e. The molecule has 166 valence electrons. The number of H-pyrrole nitrogens is 1. The maximum atomic E-state index is 13.7. The molecule has 8 heteroatoms. The Hall–Kier alpha value is -3.78. The van der Waals surface area contributed by atoms with Gasteiger partial charge in [0.25, 0.3) is 0 Å². The predicted molar refractivity (Wildman–Crippen MR) is 123 cm³/mol. The van der Waals surface area contributed by atoms with Crippen LogP contribution in [0, 0.1) is 0 Å². The van der Waals surface area contributed by atoms with E-state index in [1.807, 2.05) is 36.4 Å². The second kappa shape index (κ2) is 7.38. The summed E-state index contributed by atoms with van der Waals surface area (Å²) in [5.74, 6) is 0. The van der Waals surface area contributed by atoms with Gasteiger partial charge < -0.3 is 10.7 Å². The minimum atomic E-state index is -4.78. The predicted octanol–water partition coefficient (Wildman–Crippen LogP) is 6.42. The van der Waals surface area contributed by atoms with E-state index >= 15 is 0 Å². The lowest BCUT2D eigenvalue weighted by molar-refractivity contribution is -0.137. The summed E-state index contributed by atoms with van der Waals surface area (Å²) in [5.41, 5.74) is 5.24. The fraction of sp³-hybridized carbons (Fsp3) is 0.0400. The van der Waals surface area contributed by atoms with Crippen LogP contribution in [0.1, 0.15) is 5.56 Å². The highest BCUT2D eigenvalue weighted by Gasteiger charge is 2.35. The number of nitrogens with one attached hydrogen (secondary N) is 1. The number of hydrogen-bond acceptors (Lipinski definition) is 3. The number of aromatic amines is 1. The number of benzene rings is 4. The number of anilines is 1. The first-order valence-corrected chi connectivity index (χ1v) is 11.5. The summed E-state index contributed by atoms with van der Waals surface area (Å²) in [6.07, 6.45) is -4.78. The van der Waals surface area contributed by atoms with Crippen LogP contribution in [0.5, 0.6) is 0 Å². The Bertz CT molecular complexity index is 1640. The van der Waals surface area contributed by atoms with Crippen molar-refractivity contribution in [3.63, 3.8) is 0 Å². The van der Waals surface area contributed by atoms with Gasteiger partial charge in [0, 0.05) is 16.6 Å². The van der Waals surface area contributed by atoms with Crippen LogP contribution in [-0.2, 0) is 16.0 Å². The molecule has 0 amide bonds. The van der Waals surface area contributed by atoms with Crippen molar-refractivity contribution in [1.82, 2.24) is 4.98 Å². The first-order chi connectivity index (χ1) is 15.7. The molecule has 1 aromatic heterocycles. The zero-order valence-corrected chi connectivity index (χ0v) is 17.8. The molecule has 0 saturated heterocycles.